The first-order valence-corrected chi connectivity index (χ1v) is 10.0. The molecule has 0 spiro atoms. The van der Waals surface area contributed by atoms with Gasteiger partial charge in [0, 0.05) is 11.0 Å². The largest absolute Gasteiger partial charge is 0.461 e. The number of rotatable bonds is 7. The summed E-state index contributed by atoms with van der Waals surface area (Å²) in [5.41, 5.74) is 1.04. The van der Waals surface area contributed by atoms with Crippen molar-refractivity contribution in [2.75, 3.05) is 5.75 Å². The van der Waals surface area contributed by atoms with E-state index in [1.165, 1.54) is 11.8 Å². The number of nitrogens with one attached hydrogen (secondary N) is 1. The zero-order valence-corrected chi connectivity index (χ0v) is 16.9. The number of hydrogen-bond donors (Lipinski definition) is 1. The van der Waals surface area contributed by atoms with Gasteiger partial charge in [0.15, 0.2) is 16.7 Å². The second-order valence-corrected chi connectivity index (χ2v) is 7.42. The van der Waals surface area contributed by atoms with Crippen LogP contribution >= 0.6 is 27.7 Å². The zero-order valence-electron chi connectivity index (χ0n) is 14.5. The van der Waals surface area contributed by atoms with Gasteiger partial charge in [-0.15, -0.1) is 10.2 Å². The minimum atomic E-state index is -0.0820. The number of furan rings is 1. The maximum absolute atomic E-state index is 12.3. The number of thioether (sulfide) groups is 1. The molecule has 3 rings (SSSR count). The quantitative estimate of drug-likeness (QED) is 0.561. The van der Waals surface area contributed by atoms with Gasteiger partial charge in [-0.25, -0.2) is 0 Å². The fourth-order valence-electron chi connectivity index (χ4n) is 2.59. The van der Waals surface area contributed by atoms with Crippen LogP contribution < -0.4 is 5.32 Å². The Bertz CT molecular complexity index is 879. The van der Waals surface area contributed by atoms with Crippen LogP contribution in [0.1, 0.15) is 25.5 Å². The lowest BCUT2D eigenvalue weighted by atomic mass is 10.1. The van der Waals surface area contributed by atoms with Crippen LogP contribution in [-0.2, 0) is 11.3 Å². The molecule has 1 aromatic carbocycles. The van der Waals surface area contributed by atoms with Crippen LogP contribution in [-0.4, -0.2) is 26.4 Å². The SMILES string of the molecule is CCn1c(SCC(=O)NC(C)c2ccccc2Br)nnc1-c1ccco1. The van der Waals surface area contributed by atoms with Crippen molar-refractivity contribution < 1.29 is 9.21 Å². The lowest BCUT2D eigenvalue weighted by Gasteiger charge is -2.15. The van der Waals surface area contributed by atoms with Gasteiger partial charge in [-0.05, 0) is 37.6 Å². The Kier molecular flexibility index (Phi) is 6.16. The maximum Gasteiger partial charge on any atom is 0.230 e. The lowest BCUT2D eigenvalue weighted by Crippen LogP contribution is -2.28. The molecule has 0 radical (unpaired) electrons. The normalized spacial score (nSPS) is 12.1. The zero-order chi connectivity index (χ0) is 18.5. The molecule has 1 atom stereocenters. The molecule has 0 saturated carbocycles. The minimum absolute atomic E-state index is 0.0524. The van der Waals surface area contributed by atoms with Crippen molar-refractivity contribution in [1.82, 2.24) is 20.1 Å². The van der Waals surface area contributed by atoms with E-state index in [0.29, 0.717) is 23.3 Å². The number of amides is 1. The number of aromatic nitrogens is 3. The number of nitrogens with zero attached hydrogens (tertiary/aromatic N) is 3. The molecular formula is C18H19BrN4O2S. The molecule has 1 unspecified atom stereocenters. The topological polar surface area (TPSA) is 73.0 Å². The molecule has 2 aromatic heterocycles. The Morgan fingerprint density at radius 3 is 2.81 bits per heavy atom. The second-order valence-electron chi connectivity index (χ2n) is 5.63. The lowest BCUT2D eigenvalue weighted by molar-refractivity contribution is -0.119. The van der Waals surface area contributed by atoms with E-state index in [0.717, 1.165) is 10.0 Å². The highest BCUT2D eigenvalue weighted by Gasteiger charge is 2.17. The number of carbonyl (C=O) groups excluding carboxylic acids is 1. The Hall–Kier alpha value is -2.06. The summed E-state index contributed by atoms with van der Waals surface area (Å²) in [7, 11) is 0. The first kappa shape index (κ1) is 18.7. The van der Waals surface area contributed by atoms with Crippen molar-refractivity contribution in [1.29, 1.82) is 0 Å². The van der Waals surface area contributed by atoms with E-state index >= 15 is 0 Å². The standard InChI is InChI=1S/C18H19BrN4O2S/c1-3-23-17(15-9-6-10-25-15)21-22-18(23)26-11-16(24)20-12(2)13-7-4-5-8-14(13)19/h4-10,12H,3,11H2,1-2H3,(H,20,24). The van der Waals surface area contributed by atoms with E-state index in [2.05, 4.69) is 31.4 Å². The summed E-state index contributed by atoms with van der Waals surface area (Å²) in [5.74, 6) is 1.55. The van der Waals surface area contributed by atoms with Crippen LogP contribution in [0.4, 0.5) is 0 Å². The molecule has 0 aliphatic carbocycles. The summed E-state index contributed by atoms with van der Waals surface area (Å²) in [6, 6.07) is 11.4. The van der Waals surface area contributed by atoms with Crippen LogP contribution in [0.2, 0.25) is 0 Å². The van der Waals surface area contributed by atoms with Crippen LogP contribution in [0.15, 0.2) is 56.7 Å². The smallest absolute Gasteiger partial charge is 0.230 e. The molecule has 26 heavy (non-hydrogen) atoms. The molecule has 8 heteroatoms. The highest BCUT2D eigenvalue weighted by molar-refractivity contribution is 9.10. The van der Waals surface area contributed by atoms with Gasteiger partial charge in [0.1, 0.15) is 0 Å². The van der Waals surface area contributed by atoms with E-state index in [1.807, 2.05) is 54.8 Å². The third-order valence-electron chi connectivity index (χ3n) is 3.86. The number of benzene rings is 1. The van der Waals surface area contributed by atoms with Crippen LogP contribution in [0.25, 0.3) is 11.6 Å². The Balaban J connectivity index is 1.62. The van der Waals surface area contributed by atoms with Gasteiger partial charge in [-0.1, -0.05) is 45.9 Å². The van der Waals surface area contributed by atoms with Gasteiger partial charge in [-0.2, -0.15) is 0 Å². The fraction of sp³-hybridized carbons (Fsp3) is 0.278. The first-order valence-electron chi connectivity index (χ1n) is 8.23. The molecule has 1 amide bonds. The summed E-state index contributed by atoms with van der Waals surface area (Å²) in [5, 5.41) is 12.1. The molecule has 0 saturated heterocycles. The summed E-state index contributed by atoms with van der Waals surface area (Å²) < 4.78 is 8.32. The molecule has 0 aliphatic rings. The molecule has 0 fully saturated rings. The van der Waals surface area contributed by atoms with Crippen LogP contribution in [0.5, 0.6) is 0 Å². The number of halogens is 1. The van der Waals surface area contributed by atoms with Gasteiger partial charge in [0.2, 0.25) is 5.91 Å². The van der Waals surface area contributed by atoms with Gasteiger partial charge < -0.3 is 9.73 Å². The molecule has 136 valence electrons. The van der Waals surface area contributed by atoms with Crippen molar-refractivity contribution in [2.24, 2.45) is 0 Å². The highest BCUT2D eigenvalue weighted by atomic mass is 79.9. The van der Waals surface area contributed by atoms with E-state index in [4.69, 9.17) is 4.42 Å². The Morgan fingerprint density at radius 2 is 2.12 bits per heavy atom. The predicted octanol–water partition coefficient (Wildman–Crippen LogP) is 4.29. The summed E-state index contributed by atoms with van der Waals surface area (Å²) in [6.07, 6.45) is 1.60. The molecule has 6 nitrogen and oxygen atoms in total. The molecule has 1 N–H and O–H groups in total. The highest BCUT2D eigenvalue weighted by Crippen LogP contribution is 2.25. The average Bonchev–Trinajstić information content (AvgIpc) is 3.29. The summed E-state index contributed by atoms with van der Waals surface area (Å²) in [4.78, 5) is 12.3. The van der Waals surface area contributed by atoms with Gasteiger partial charge in [0.25, 0.3) is 0 Å². The third kappa shape index (κ3) is 4.19. The summed E-state index contributed by atoms with van der Waals surface area (Å²) >= 11 is 4.88. The molecule has 0 bridgehead atoms. The number of hydrogen-bond acceptors (Lipinski definition) is 5. The van der Waals surface area contributed by atoms with Gasteiger partial charge in [0.05, 0.1) is 18.1 Å². The van der Waals surface area contributed by atoms with Crippen molar-refractivity contribution in [3.05, 3.63) is 52.7 Å². The van der Waals surface area contributed by atoms with Crippen molar-refractivity contribution >= 4 is 33.6 Å². The van der Waals surface area contributed by atoms with E-state index in [-0.39, 0.29) is 17.7 Å². The van der Waals surface area contributed by atoms with Gasteiger partial charge in [-0.3, -0.25) is 9.36 Å². The average molecular weight is 435 g/mol. The monoisotopic (exact) mass is 434 g/mol. The van der Waals surface area contributed by atoms with Crippen LogP contribution in [0, 0.1) is 0 Å². The maximum atomic E-state index is 12.3. The van der Waals surface area contributed by atoms with Crippen LogP contribution in [0.3, 0.4) is 0 Å². The Labute approximate surface area is 164 Å². The first-order chi connectivity index (χ1) is 12.6. The van der Waals surface area contributed by atoms with E-state index in [9.17, 15) is 4.79 Å². The second kappa shape index (κ2) is 8.55. The van der Waals surface area contributed by atoms with E-state index in [1.54, 1.807) is 6.26 Å². The molecule has 0 aliphatic heterocycles. The third-order valence-corrected chi connectivity index (χ3v) is 5.55. The number of carbonyl (C=O) groups is 1. The summed E-state index contributed by atoms with van der Waals surface area (Å²) in [6.45, 7) is 4.67. The van der Waals surface area contributed by atoms with E-state index < -0.39 is 0 Å². The Morgan fingerprint density at radius 1 is 1.31 bits per heavy atom. The van der Waals surface area contributed by atoms with Gasteiger partial charge >= 0.3 is 0 Å². The minimum Gasteiger partial charge on any atom is -0.461 e. The van der Waals surface area contributed by atoms with Crippen molar-refractivity contribution in [3.8, 4) is 11.6 Å². The predicted molar refractivity (Wildman–Crippen MR) is 105 cm³/mol. The van der Waals surface area contributed by atoms with Crippen molar-refractivity contribution in [3.63, 3.8) is 0 Å². The molecule has 2 heterocycles. The molecule has 3 aromatic rings. The fourth-order valence-corrected chi connectivity index (χ4v) is 4.03. The van der Waals surface area contributed by atoms with Crippen molar-refractivity contribution in [2.45, 2.75) is 31.6 Å². The molecular weight excluding hydrogens is 416 g/mol.